The molecule has 0 bridgehead atoms. The number of aromatic nitrogens is 4. The van der Waals surface area contributed by atoms with Gasteiger partial charge in [-0.15, -0.1) is 4.68 Å². The molecule has 0 aliphatic rings. The molecule has 1 aromatic heterocycles. The number of hydrogen-bond donors (Lipinski definition) is 0. The maximum absolute atomic E-state index is 13.7. The fourth-order valence-electron chi connectivity index (χ4n) is 2.07. The highest BCUT2D eigenvalue weighted by Crippen LogP contribution is 2.13. The molecule has 0 radical (unpaired) electrons. The number of tetrazole rings is 1. The third-order valence-corrected chi connectivity index (χ3v) is 3.43. The summed E-state index contributed by atoms with van der Waals surface area (Å²) in [4.78, 5) is 11.4. The zero-order valence-electron chi connectivity index (χ0n) is 11.4. The van der Waals surface area contributed by atoms with Crippen LogP contribution in [-0.4, -0.2) is 21.4 Å². The van der Waals surface area contributed by atoms with E-state index in [0.29, 0.717) is 22.6 Å². The maximum atomic E-state index is 13.7. The second-order valence-electron chi connectivity index (χ2n) is 4.59. The van der Waals surface area contributed by atoms with Crippen molar-refractivity contribution < 1.29 is 13.9 Å². The zero-order chi connectivity index (χ0) is 15.5. The molecule has 0 N–H and O–H groups in total. The highest BCUT2D eigenvalue weighted by Gasteiger charge is 2.22. The van der Waals surface area contributed by atoms with E-state index >= 15 is 0 Å². The molecule has 110 valence electrons. The Morgan fingerprint density at radius 2 is 1.91 bits per heavy atom. The summed E-state index contributed by atoms with van der Waals surface area (Å²) in [5, 5.41) is 8.45. The van der Waals surface area contributed by atoms with Crippen molar-refractivity contribution in [2.45, 2.75) is 6.54 Å². The van der Waals surface area contributed by atoms with Gasteiger partial charge in [0.05, 0.1) is 0 Å². The van der Waals surface area contributed by atoms with E-state index < -0.39 is 0 Å². The molecule has 0 fully saturated rings. The lowest BCUT2D eigenvalue weighted by Crippen LogP contribution is -2.41. The lowest BCUT2D eigenvalue weighted by atomic mass is 10.2. The van der Waals surface area contributed by atoms with Crippen molar-refractivity contribution in [3.05, 3.63) is 70.8 Å². The van der Waals surface area contributed by atoms with Crippen molar-refractivity contribution in [2.24, 2.45) is 0 Å². The minimum absolute atomic E-state index is 0.119. The van der Waals surface area contributed by atoms with Gasteiger partial charge in [-0.3, -0.25) is 4.79 Å². The fraction of sp³-hybridized carbons (Fsp3) is 0.0667. The van der Waals surface area contributed by atoms with Gasteiger partial charge >= 0.3 is 5.82 Å². The summed E-state index contributed by atoms with van der Waals surface area (Å²) in [6, 6.07) is 13.1. The molecule has 0 atom stereocenters. The molecule has 2 aromatic carbocycles. The van der Waals surface area contributed by atoms with Gasteiger partial charge in [-0.2, -0.15) is 0 Å². The SMILES string of the molecule is O=Cc1n(-c2ccc(Cl)cc2)nn[n+]1Cc1ccccc1F. The quantitative estimate of drug-likeness (QED) is 0.547. The number of aldehydes is 1. The molecule has 0 aliphatic carbocycles. The van der Waals surface area contributed by atoms with Crippen LogP contribution >= 0.6 is 11.6 Å². The smallest absolute Gasteiger partial charge is 0.291 e. The lowest BCUT2D eigenvalue weighted by Gasteiger charge is -1.99. The molecule has 5 nitrogen and oxygen atoms in total. The van der Waals surface area contributed by atoms with Crippen LogP contribution in [0.3, 0.4) is 0 Å². The van der Waals surface area contributed by atoms with Gasteiger partial charge < -0.3 is 0 Å². The second-order valence-corrected chi connectivity index (χ2v) is 5.03. The van der Waals surface area contributed by atoms with Crippen LogP contribution in [-0.2, 0) is 6.54 Å². The molecule has 3 rings (SSSR count). The van der Waals surface area contributed by atoms with E-state index in [9.17, 15) is 9.18 Å². The van der Waals surface area contributed by atoms with Crippen molar-refractivity contribution in [3.63, 3.8) is 0 Å². The molecule has 0 saturated heterocycles. The first kappa shape index (κ1) is 14.3. The summed E-state index contributed by atoms with van der Waals surface area (Å²) >= 11 is 5.84. The first-order chi connectivity index (χ1) is 10.7. The van der Waals surface area contributed by atoms with Gasteiger partial charge in [0, 0.05) is 10.6 Å². The first-order valence-electron chi connectivity index (χ1n) is 6.49. The summed E-state index contributed by atoms with van der Waals surface area (Å²) in [6.07, 6.45) is 0.634. The molecule has 0 spiro atoms. The third-order valence-electron chi connectivity index (χ3n) is 3.17. The Morgan fingerprint density at radius 3 is 2.59 bits per heavy atom. The van der Waals surface area contributed by atoms with Gasteiger partial charge in [0.1, 0.15) is 23.3 Å². The van der Waals surface area contributed by atoms with Gasteiger partial charge in [-0.05, 0) is 35.0 Å². The van der Waals surface area contributed by atoms with Gasteiger partial charge in [0.25, 0.3) is 0 Å². The largest absolute Gasteiger partial charge is 0.327 e. The standard InChI is InChI=1S/C15H11ClFN4O/c16-12-5-7-13(8-6-12)21-15(10-22)20(18-19-21)9-11-3-1-2-4-14(11)17/h1-8,10H,9H2/q+1. The molecular formula is C15H11ClFN4O+. The molecule has 1 heterocycles. The molecule has 0 unspecified atom stereocenters. The number of nitrogens with zero attached hydrogens (tertiary/aromatic N) is 4. The average Bonchev–Trinajstić information content (AvgIpc) is 2.93. The van der Waals surface area contributed by atoms with Crippen LogP contribution in [0.25, 0.3) is 5.69 Å². The monoisotopic (exact) mass is 317 g/mol. The highest BCUT2D eigenvalue weighted by atomic mass is 35.5. The molecule has 22 heavy (non-hydrogen) atoms. The zero-order valence-corrected chi connectivity index (χ0v) is 12.1. The molecular weight excluding hydrogens is 307 g/mol. The van der Waals surface area contributed by atoms with E-state index in [1.807, 2.05) is 0 Å². The van der Waals surface area contributed by atoms with Crippen LogP contribution in [0.5, 0.6) is 0 Å². The van der Waals surface area contributed by atoms with E-state index in [2.05, 4.69) is 10.4 Å². The fourth-order valence-corrected chi connectivity index (χ4v) is 2.19. The number of rotatable bonds is 4. The summed E-state index contributed by atoms with van der Waals surface area (Å²) in [5.74, 6) is -0.140. The van der Waals surface area contributed by atoms with Crippen LogP contribution in [0.15, 0.2) is 48.5 Å². The number of benzene rings is 2. The van der Waals surface area contributed by atoms with E-state index in [1.165, 1.54) is 15.4 Å². The number of hydrogen-bond acceptors (Lipinski definition) is 3. The van der Waals surface area contributed by atoms with Crippen molar-refractivity contribution in [1.29, 1.82) is 0 Å². The van der Waals surface area contributed by atoms with Crippen LogP contribution in [0.2, 0.25) is 5.02 Å². The van der Waals surface area contributed by atoms with Gasteiger partial charge in [-0.25, -0.2) is 4.39 Å². The molecule has 0 amide bonds. The van der Waals surface area contributed by atoms with E-state index in [-0.39, 0.29) is 18.2 Å². The Morgan fingerprint density at radius 1 is 1.18 bits per heavy atom. The van der Waals surface area contributed by atoms with Crippen molar-refractivity contribution in [1.82, 2.24) is 15.1 Å². The highest BCUT2D eigenvalue weighted by molar-refractivity contribution is 6.30. The third kappa shape index (κ3) is 2.73. The Labute approximate surface area is 130 Å². The van der Waals surface area contributed by atoms with E-state index in [4.69, 9.17) is 11.6 Å². The van der Waals surface area contributed by atoms with Crippen molar-refractivity contribution in [3.8, 4) is 5.69 Å². The Balaban J connectivity index is 1.99. The summed E-state index contributed by atoms with van der Waals surface area (Å²) in [7, 11) is 0. The van der Waals surface area contributed by atoms with Gasteiger partial charge in [-0.1, -0.05) is 29.8 Å². The van der Waals surface area contributed by atoms with Gasteiger partial charge in [0.2, 0.25) is 6.29 Å². The molecule has 7 heteroatoms. The number of carbonyl (C=O) groups excluding carboxylic acids is 1. The van der Waals surface area contributed by atoms with Crippen molar-refractivity contribution in [2.75, 3.05) is 0 Å². The minimum atomic E-state index is -0.354. The van der Waals surface area contributed by atoms with Crippen LogP contribution in [0.4, 0.5) is 4.39 Å². The number of halogens is 2. The lowest BCUT2D eigenvalue weighted by molar-refractivity contribution is -0.748. The van der Waals surface area contributed by atoms with Crippen LogP contribution in [0.1, 0.15) is 16.2 Å². The Bertz CT molecular complexity index is 817. The number of carbonyl (C=O) groups is 1. The first-order valence-corrected chi connectivity index (χ1v) is 6.87. The van der Waals surface area contributed by atoms with E-state index in [0.717, 1.165) is 0 Å². The van der Waals surface area contributed by atoms with Crippen molar-refractivity contribution >= 4 is 17.9 Å². The molecule has 0 aliphatic heterocycles. The molecule has 3 aromatic rings. The summed E-state index contributed by atoms with van der Waals surface area (Å²) in [5.41, 5.74) is 1.07. The normalized spacial score (nSPS) is 10.6. The second kappa shape index (κ2) is 6.03. The van der Waals surface area contributed by atoms with E-state index in [1.54, 1.807) is 42.5 Å². The Kier molecular flexibility index (Phi) is 3.93. The maximum Gasteiger partial charge on any atom is 0.327 e. The van der Waals surface area contributed by atoms with Crippen LogP contribution in [0, 0.1) is 5.82 Å². The summed E-state index contributed by atoms with van der Waals surface area (Å²) < 4.78 is 16.4. The van der Waals surface area contributed by atoms with Crippen LogP contribution < -0.4 is 4.68 Å². The predicted molar refractivity (Wildman–Crippen MR) is 77.5 cm³/mol. The molecule has 0 saturated carbocycles. The topological polar surface area (TPSA) is 51.7 Å². The summed E-state index contributed by atoms with van der Waals surface area (Å²) in [6.45, 7) is 0.119. The van der Waals surface area contributed by atoms with Gasteiger partial charge in [0.15, 0.2) is 5.21 Å². The minimum Gasteiger partial charge on any atom is -0.291 e. The predicted octanol–water partition coefficient (Wildman–Crippen LogP) is 2.21. The average molecular weight is 318 g/mol. The Hall–Kier alpha value is -2.60.